The average Bonchev–Trinajstić information content (AvgIpc) is 2.76. The number of aromatic nitrogens is 2. The predicted molar refractivity (Wildman–Crippen MR) is 115 cm³/mol. The van der Waals surface area contributed by atoms with Gasteiger partial charge in [0.25, 0.3) is 0 Å². The number of aliphatic hydroxyl groups is 1. The van der Waals surface area contributed by atoms with Crippen LogP contribution >= 0.6 is 0 Å². The van der Waals surface area contributed by atoms with Crippen molar-refractivity contribution in [2.45, 2.75) is 44.3 Å². The monoisotopic (exact) mass is 405 g/mol. The SMILES string of the molecule is OB1OCCc2ccc(Nc3ncc4cccc(O[C@H]5CC[C@@H](O)CC5)c4n3)cc21. The molecule has 1 aliphatic carbocycles. The Kier molecular flexibility index (Phi) is 5.29. The van der Waals surface area contributed by atoms with E-state index < -0.39 is 7.12 Å². The van der Waals surface area contributed by atoms with Gasteiger partial charge in [0.2, 0.25) is 5.95 Å². The van der Waals surface area contributed by atoms with Crippen LogP contribution in [-0.4, -0.2) is 46.0 Å². The predicted octanol–water partition coefficient (Wildman–Crippen LogP) is 2.32. The van der Waals surface area contributed by atoms with Gasteiger partial charge in [-0.15, -0.1) is 0 Å². The summed E-state index contributed by atoms with van der Waals surface area (Å²) in [6, 6.07) is 11.7. The standard InChI is InChI=1S/C22H24BN3O4/c27-17-6-8-18(9-7-17)30-20-3-1-2-15-13-24-22(26-21(15)20)25-16-5-4-14-10-11-29-23(28)19(14)12-16/h1-5,12-13,17-18,27-28H,6-11H2,(H,24,25,26)/t17-,18+. The highest BCUT2D eigenvalue weighted by Crippen LogP contribution is 2.29. The molecule has 8 heteroatoms. The van der Waals surface area contributed by atoms with Crippen LogP contribution in [0.4, 0.5) is 11.6 Å². The molecule has 154 valence electrons. The maximum absolute atomic E-state index is 10.1. The van der Waals surface area contributed by atoms with Crippen molar-refractivity contribution in [1.29, 1.82) is 0 Å². The van der Waals surface area contributed by atoms with E-state index in [2.05, 4.69) is 10.3 Å². The Bertz CT molecular complexity index is 1060. The zero-order valence-corrected chi connectivity index (χ0v) is 16.6. The lowest BCUT2D eigenvalue weighted by molar-refractivity contribution is 0.0672. The van der Waals surface area contributed by atoms with Crippen molar-refractivity contribution in [2.75, 3.05) is 11.9 Å². The lowest BCUT2D eigenvalue weighted by Crippen LogP contribution is -2.41. The number of hydrogen-bond acceptors (Lipinski definition) is 7. The average molecular weight is 405 g/mol. The van der Waals surface area contributed by atoms with Crippen molar-refractivity contribution in [3.63, 3.8) is 0 Å². The molecule has 0 atom stereocenters. The molecule has 30 heavy (non-hydrogen) atoms. The van der Waals surface area contributed by atoms with E-state index in [4.69, 9.17) is 14.4 Å². The van der Waals surface area contributed by atoms with Crippen LogP contribution in [-0.2, 0) is 11.1 Å². The van der Waals surface area contributed by atoms with E-state index in [1.807, 2.05) is 36.4 Å². The number of anilines is 2. The number of hydrogen-bond donors (Lipinski definition) is 3. The van der Waals surface area contributed by atoms with Gasteiger partial charge >= 0.3 is 7.12 Å². The maximum Gasteiger partial charge on any atom is 0.491 e. The summed E-state index contributed by atoms with van der Waals surface area (Å²) in [7, 11) is -0.901. The Hall–Kier alpha value is -2.68. The highest BCUT2D eigenvalue weighted by atomic mass is 16.5. The molecule has 5 rings (SSSR count). The van der Waals surface area contributed by atoms with Gasteiger partial charge in [0.05, 0.1) is 12.2 Å². The summed E-state index contributed by atoms with van der Waals surface area (Å²) in [6.45, 7) is 0.525. The molecule has 0 saturated heterocycles. The summed E-state index contributed by atoms with van der Waals surface area (Å²) in [5, 5.41) is 23.9. The minimum atomic E-state index is -0.901. The largest absolute Gasteiger partial charge is 0.491 e. The quantitative estimate of drug-likeness (QED) is 0.574. The van der Waals surface area contributed by atoms with Crippen molar-refractivity contribution in [1.82, 2.24) is 9.97 Å². The first-order valence-corrected chi connectivity index (χ1v) is 10.5. The second-order valence-corrected chi connectivity index (χ2v) is 7.95. The summed E-state index contributed by atoms with van der Waals surface area (Å²) in [4.78, 5) is 9.12. The fourth-order valence-electron chi connectivity index (χ4n) is 4.16. The smallest absolute Gasteiger partial charge is 0.488 e. The molecule has 0 amide bonds. The Morgan fingerprint density at radius 1 is 1.13 bits per heavy atom. The van der Waals surface area contributed by atoms with Gasteiger partial charge in [-0.3, -0.25) is 0 Å². The highest BCUT2D eigenvalue weighted by molar-refractivity contribution is 6.61. The number of benzene rings is 2. The van der Waals surface area contributed by atoms with E-state index in [9.17, 15) is 10.1 Å². The van der Waals surface area contributed by atoms with Gasteiger partial charge in [-0.05, 0) is 61.3 Å². The summed E-state index contributed by atoms with van der Waals surface area (Å²) < 4.78 is 11.6. The van der Waals surface area contributed by atoms with Crippen LogP contribution in [0.25, 0.3) is 10.9 Å². The molecule has 1 fully saturated rings. The van der Waals surface area contributed by atoms with E-state index in [1.54, 1.807) is 6.20 Å². The minimum absolute atomic E-state index is 0.0903. The zero-order valence-electron chi connectivity index (χ0n) is 16.6. The lowest BCUT2D eigenvalue weighted by Gasteiger charge is -2.26. The van der Waals surface area contributed by atoms with Gasteiger partial charge in [-0.25, -0.2) is 9.97 Å². The Morgan fingerprint density at radius 2 is 2.00 bits per heavy atom. The van der Waals surface area contributed by atoms with Crippen molar-refractivity contribution in [3.05, 3.63) is 48.2 Å². The summed E-state index contributed by atoms with van der Waals surface area (Å²) in [5.74, 6) is 1.19. The number of fused-ring (bicyclic) bond motifs is 2. The second-order valence-electron chi connectivity index (χ2n) is 7.95. The van der Waals surface area contributed by atoms with E-state index >= 15 is 0 Å². The molecule has 1 aliphatic heterocycles. The molecular formula is C22H24BN3O4. The number of rotatable bonds is 4. The Balaban J connectivity index is 1.40. The third kappa shape index (κ3) is 3.98. The van der Waals surface area contributed by atoms with Crippen LogP contribution in [0, 0.1) is 0 Å². The minimum Gasteiger partial charge on any atom is -0.488 e. The van der Waals surface area contributed by atoms with Crippen molar-refractivity contribution < 1.29 is 19.5 Å². The van der Waals surface area contributed by atoms with Crippen LogP contribution in [0.2, 0.25) is 0 Å². The van der Waals surface area contributed by atoms with Crippen molar-refractivity contribution in [3.8, 4) is 5.75 Å². The summed E-state index contributed by atoms with van der Waals surface area (Å²) >= 11 is 0. The lowest BCUT2D eigenvalue weighted by atomic mass is 9.73. The molecule has 0 radical (unpaired) electrons. The Morgan fingerprint density at radius 3 is 2.87 bits per heavy atom. The van der Waals surface area contributed by atoms with E-state index in [0.29, 0.717) is 12.6 Å². The van der Waals surface area contributed by atoms with Crippen molar-refractivity contribution >= 4 is 35.1 Å². The number of aliphatic hydroxyl groups excluding tert-OH is 1. The van der Waals surface area contributed by atoms with Crippen LogP contribution in [0.1, 0.15) is 31.2 Å². The molecule has 1 saturated carbocycles. The van der Waals surface area contributed by atoms with Gasteiger partial charge < -0.3 is 24.8 Å². The van der Waals surface area contributed by atoms with Gasteiger partial charge in [-0.1, -0.05) is 18.2 Å². The number of ether oxygens (including phenoxy) is 1. The van der Waals surface area contributed by atoms with Gasteiger partial charge in [0, 0.05) is 23.9 Å². The molecule has 2 heterocycles. The third-order valence-corrected chi connectivity index (χ3v) is 5.83. The van der Waals surface area contributed by atoms with Gasteiger partial charge in [-0.2, -0.15) is 0 Å². The van der Waals surface area contributed by atoms with Crippen LogP contribution in [0.5, 0.6) is 5.75 Å². The highest BCUT2D eigenvalue weighted by Gasteiger charge is 2.25. The molecule has 7 nitrogen and oxygen atoms in total. The van der Waals surface area contributed by atoms with Crippen LogP contribution < -0.4 is 15.5 Å². The molecule has 2 aromatic carbocycles. The number of nitrogens with one attached hydrogen (secondary N) is 1. The first-order chi connectivity index (χ1) is 14.7. The summed E-state index contributed by atoms with van der Waals surface area (Å²) in [5.41, 5.74) is 3.40. The van der Waals surface area contributed by atoms with Gasteiger partial charge in [0.1, 0.15) is 11.3 Å². The van der Waals surface area contributed by atoms with E-state index in [-0.39, 0.29) is 12.2 Å². The van der Waals surface area contributed by atoms with Crippen LogP contribution in [0.15, 0.2) is 42.6 Å². The first-order valence-electron chi connectivity index (χ1n) is 10.5. The van der Waals surface area contributed by atoms with Crippen molar-refractivity contribution in [2.24, 2.45) is 0 Å². The van der Waals surface area contributed by atoms with Crippen LogP contribution in [0.3, 0.4) is 0 Å². The molecule has 0 spiro atoms. The maximum atomic E-state index is 10.1. The molecular weight excluding hydrogens is 381 g/mol. The van der Waals surface area contributed by atoms with E-state index in [1.165, 1.54) is 0 Å². The number of para-hydroxylation sites is 1. The van der Waals surface area contributed by atoms with E-state index in [0.717, 1.165) is 65.5 Å². The molecule has 0 unspecified atom stereocenters. The molecule has 2 aliphatic rings. The fraction of sp³-hybridized carbons (Fsp3) is 0.364. The topological polar surface area (TPSA) is 96.7 Å². The van der Waals surface area contributed by atoms with Gasteiger partial charge in [0.15, 0.2) is 0 Å². The normalized spacial score (nSPS) is 21.3. The molecule has 0 bridgehead atoms. The molecule has 1 aromatic heterocycles. The fourth-order valence-corrected chi connectivity index (χ4v) is 4.16. The number of nitrogens with zero attached hydrogens (tertiary/aromatic N) is 2. The first kappa shape index (κ1) is 19.3. The molecule has 3 aromatic rings. The third-order valence-electron chi connectivity index (χ3n) is 5.83. The zero-order chi connectivity index (χ0) is 20.5. The summed E-state index contributed by atoms with van der Waals surface area (Å²) in [6.07, 6.45) is 5.66. The Labute approximate surface area is 175 Å². The molecule has 3 N–H and O–H groups in total. The second kappa shape index (κ2) is 8.22.